The Kier molecular flexibility index (Phi) is 3.84. The van der Waals surface area contributed by atoms with E-state index in [1.165, 1.54) is 22.5 Å². The maximum absolute atomic E-state index is 6.00. The minimum atomic E-state index is 0.768. The predicted molar refractivity (Wildman–Crippen MR) is 95.0 cm³/mol. The van der Waals surface area contributed by atoms with Crippen molar-refractivity contribution in [2.24, 2.45) is 0 Å². The SMILES string of the molecule is Cc1ccccc1N(c1cccc(N)c1)c1ccccc1C. The van der Waals surface area contributed by atoms with Gasteiger partial charge >= 0.3 is 0 Å². The first kappa shape index (κ1) is 14.2. The Morgan fingerprint density at radius 2 is 1.23 bits per heavy atom. The van der Waals surface area contributed by atoms with Crippen molar-refractivity contribution in [1.82, 2.24) is 0 Å². The normalized spacial score (nSPS) is 10.5. The van der Waals surface area contributed by atoms with E-state index in [0.717, 1.165) is 11.4 Å². The van der Waals surface area contributed by atoms with E-state index in [-0.39, 0.29) is 0 Å². The zero-order valence-electron chi connectivity index (χ0n) is 13.0. The molecule has 0 aliphatic rings. The average Bonchev–Trinajstić information content (AvgIpc) is 2.51. The molecule has 0 saturated heterocycles. The molecule has 0 atom stereocenters. The zero-order valence-corrected chi connectivity index (χ0v) is 13.0. The molecular weight excluding hydrogens is 268 g/mol. The number of benzene rings is 3. The highest BCUT2D eigenvalue weighted by Crippen LogP contribution is 2.38. The molecule has 0 aliphatic carbocycles. The van der Waals surface area contributed by atoms with E-state index in [4.69, 9.17) is 5.73 Å². The predicted octanol–water partition coefficient (Wildman–Crippen LogP) is 5.36. The van der Waals surface area contributed by atoms with Gasteiger partial charge < -0.3 is 10.6 Å². The van der Waals surface area contributed by atoms with Gasteiger partial charge in [-0.2, -0.15) is 0 Å². The summed E-state index contributed by atoms with van der Waals surface area (Å²) in [6.45, 7) is 4.26. The van der Waals surface area contributed by atoms with E-state index >= 15 is 0 Å². The Labute approximate surface area is 131 Å². The van der Waals surface area contributed by atoms with Gasteiger partial charge in [0.2, 0.25) is 0 Å². The lowest BCUT2D eigenvalue weighted by Crippen LogP contribution is -2.12. The van der Waals surface area contributed by atoms with Crippen molar-refractivity contribution in [3.63, 3.8) is 0 Å². The molecule has 0 amide bonds. The summed E-state index contributed by atoms with van der Waals surface area (Å²) in [5, 5.41) is 0. The van der Waals surface area contributed by atoms with Crippen LogP contribution in [0.3, 0.4) is 0 Å². The Morgan fingerprint density at radius 1 is 0.682 bits per heavy atom. The summed E-state index contributed by atoms with van der Waals surface area (Å²) in [7, 11) is 0. The van der Waals surface area contributed by atoms with E-state index in [1.54, 1.807) is 0 Å². The van der Waals surface area contributed by atoms with Gasteiger partial charge in [-0.05, 0) is 55.3 Å². The summed E-state index contributed by atoms with van der Waals surface area (Å²) in [6.07, 6.45) is 0. The van der Waals surface area contributed by atoms with Crippen LogP contribution in [-0.4, -0.2) is 0 Å². The molecule has 110 valence electrons. The van der Waals surface area contributed by atoms with Crippen LogP contribution < -0.4 is 10.6 Å². The number of hydrogen-bond acceptors (Lipinski definition) is 2. The van der Waals surface area contributed by atoms with Gasteiger partial charge in [0, 0.05) is 22.7 Å². The third kappa shape index (κ3) is 2.68. The summed E-state index contributed by atoms with van der Waals surface area (Å²) < 4.78 is 0. The quantitative estimate of drug-likeness (QED) is 0.658. The lowest BCUT2D eigenvalue weighted by atomic mass is 10.1. The summed E-state index contributed by atoms with van der Waals surface area (Å²) in [4.78, 5) is 2.26. The van der Waals surface area contributed by atoms with Gasteiger partial charge in [-0.3, -0.25) is 0 Å². The highest BCUT2D eigenvalue weighted by Gasteiger charge is 2.15. The Balaban J connectivity index is 2.24. The highest BCUT2D eigenvalue weighted by molar-refractivity contribution is 5.81. The molecule has 0 radical (unpaired) electrons. The summed E-state index contributed by atoms with van der Waals surface area (Å²) in [6, 6.07) is 24.8. The van der Waals surface area contributed by atoms with Crippen LogP contribution in [0.5, 0.6) is 0 Å². The molecular formula is C20H20N2. The minimum Gasteiger partial charge on any atom is -0.399 e. The van der Waals surface area contributed by atoms with Gasteiger partial charge in [0.15, 0.2) is 0 Å². The molecule has 22 heavy (non-hydrogen) atoms. The van der Waals surface area contributed by atoms with E-state index in [1.807, 2.05) is 18.2 Å². The zero-order chi connectivity index (χ0) is 15.5. The first-order valence-corrected chi connectivity index (χ1v) is 7.44. The maximum Gasteiger partial charge on any atom is 0.0490 e. The first-order valence-electron chi connectivity index (χ1n) is 7.44. The number of nitrogens with zero attached hydrogens (tertiary/aromatic N) is 1. The lowest BCUT2D eigenvalue weighted by molar-refractivity contribution is 1.23. The minimum absolute atomic E-state index is 0.768. The molecule has 2 N–H and O–H groups in total. The summed E-state index contributed by atoms with van der Waals surface area (Å²) in [5.41, 5.74) is 12.6. The van der Waals surface area contributed by atoms with Crippen molar-refractivity contribution >= 4 is 22.7 Å². The number of rotatable bonds is 3. The van der Waals surface area contributed by atoms with Crippen molar-refractivity contribution in [2.45, 2.75) is 13.8 Å². The summed E-state index contributed by atoms with van der Waals surface area (Å²) >= 11 is 0. The number of nitrogens with two attached hydrogens (primary N) is 1. The maximum atomic E-state index is 6.00. The second-order valence-electron chi connectivity index (χ2n) is 5.50. The van der Waals surface area contributed by atoms with Gasteiger partial charge in [0.05, 0.1) is 0 Å². The second-order valence-corrected chi connectivity index (χ2v) is 5.50. The third-order valence-electron chi connectivity index (χ3n) is 3.84. The van der Waals surface area contributed by atoms with Crippen molar-refractivity contribution in [2.75, 3.05) is 10.6 Å². The molecule has 0 fully saturated rings. The second kappa shape index (κ2) is 5.94. The molecule has 0 aromatic heterocycles. The van der Waals surface area contributed by atoms with Crippen LogP contribution >= 0.6 is 0 Å². The van der Waals surface area contributed by atoms with Crippen molar-refractivity contribution in [3.8, 4) is 0 Å². The van der Waals surface area contributed by atoms with Gasteiger partial charge in [-0.15, -0.1) is 0 Å². The van der Waals surface area contributed by atoms with Gasteiger partial charge in [0.25, 0.3) is 0 Å². The first-order chi connectivity index (χ1) is 10.7. The standard InChI is InChI=1S/C20H20N2/c1-15-8-3-5-12-19(15)22(18-11-7-10-17(21)14-18)20-13-6-4-9-16(20)2/h3-14H,21H2,1-2H3. The van der Waals surface area contributed by atoms with Crippen LogP contribution in [0.4, 0.5) is 22.7 Å². The van der Waals surface area contributed by atoms with Crippen molar-refractivity contribution < 1.29 is 0 Å². The average molecular weight is 288 g/mol. The molecule has 3 aromatic carbocycles. The fourth-order valence-electron chi connectivity index (χ4n) is 2.70. The topological polar surface area (TPSA) is 29.3 Å². The van der Waals surface area contributed by atoms with Crippen LogP contribution in [-0.2, 0) is 0 Å². The molecule has 3 aromatic rings. The molecule has 3 rings (SSSR count). The molecule has 2 nitrogen and oxygen atoms in total. The molecule has 0 aliphatic heterocycles. The van der Waals surface area contributed by atoms with Crippen molar-refractivity contribution in [1.29, 1.82) is 0 Å². The third-order valence-corrected chi connectivity index (χ3v) is 3.84. The fourth-order valence-corrected chi connectivity index (χ4v) is 2.70. The van der Waals surface area contributed by atoms with E-state index < -0.39 is 0 Å². The van der Waals surface area contributed by atoms with Crippen LogP contribution in [0.15, 0.2) is 72.8 Å². The van der Waals surface area contributed by atoms with Crippen LogP contribution in [0, 0.1) is 13.8 Å². The smallest absolute Gasteiger partial charge is 0.0490 e. The number of anilines is 4. The molecule has 0 unspecified atom stereocenters. The number of hydrogen-bond donors (Lipinski definition) is 1. The lowest BCUT2D eigenvalue weighted by Gasteiger charge is -2.28. The molecule has 0 bridgehead atoms. The van der Waals surface area contributed by atoms with E-state index in [2.05, 4.69) is 73.3 Å². The van der Waals surface area contributed by atoms with Gasteiger partial charge in [-0.25, -0.2) is 0 Å². The van der Waals surface area contributed by atoms with Crippen molar-refractivity contribution in [3.05, 3.63) is 83.9 Å². The molecule has 0 spiro atoms. The van der Waals surface area contributed by atoms with Crippen LogP contribution in [0.1, 0.15) is 11.1 Å². The number of aryl methyl sites for hydroxylation is 2. The highest BCUT2D eigenvalue weighted by atomic mass is 15.1. The number of nitrogen functional groups attached to an aromatic ring is 1. The van der Waals surface area contributed by atoms with Gasteiger partial charge in [-0.1, -0.05) is 42.5 Å². The van der Waals surface area contributed by atoms with E-state index in [9.17, 15) is 0 Å². The Hall–Kier alpha value is -2.74. The largest absolute Gasteiger partial charge is 0.399 e. The van der Waals surface area contributed by atoms with Crippen LogP contribution in [0.2, 0.25) is 0 Å². The molecule has 2 heteroatoms. The number of para-hydroxylation sites is 2. The monoisotopic (exact) mass is 288 g/mol. The van der Waals surface area contributed by atoms with Gasteiger partial charge in [0.1, 0.15) is 0 Å². The molecule has 0 saturated carbocycles. The van der Waals surface area contributed by atoms with E-state index in [0.29, 0.717) is 0 Å². The molecule has 0 heterocycles. The fraction of sp³-hybridized carbons (Fsp3) is 0.100. The van der Waals surface area contributed by atoms with Crippen LogP contribution in [0.25, 0.3) is 0 Å². The summed E-state index contributed by atoms with van der Waals surface area (Å²) in [5.74, 6) is 0. The Morgan fingerprint density at radius 3 is 1.73 bits per heavy atom. The Bertz CT molecular complexity index is 747.